The first-order chi connectivity index (χ1) is 6.20. The van der Waals surface area contributed by atoms with Crippen molar-refractivity contribution in [1.82, 2.24) is 5.32 Å². The molecule has 0 aromatic heterocycles. The molecule has 0 spiro atoms. The van der Waals surface area contributed by atoms with Gasteiger partial charge in [0.25, 0.3) is 0 Å². The van der Waals surface area contributed by atoms with Crippen LogP contribution in [-0.2, 0) is 0 Å². The zero-order chi connectivity index (χ0) is 10.1. The predicted molar refractivity (Wildman–Crippen MR) is 61.4 cm³/mol. The lowest BCUT2D eigenvalue weighted by atomic mass is 10.1. The smallest absolute Gasteiger partial charge is 0.0431 e. The first-order valence-electron chi connectivity index (χ1n) is 5.06. The maximum absolute atomic E-state index is 8.66. The molecule has 0 aromatic rings. The molecule has 0 rings (SSSR count). The zero-order valence-corrected chi connectivity index (χ0v) is 9.86. The van der Waals surface area contributed by atoms with Crippen LogP contribution in [0.15, 0.2) is 0 Å². The lowest BCUT2D eigenvalue weighted by Crippen LogP contribution is -2.34. The van der Waals surface area contributed by atoms with Crippen molar-refractivity contribution in [3.8, 4) is 0 Å². The largest absolute Gasteiger partial charge is 0.396 e. The van der Waals surface area contributed by atoms with Crippen LogP contribution in [0.5, 0.6) is 0 Å². The molecule has 2 N–H and O–H groups in total. The van der Waals surface area contributed by atoms with Gasteiger partial charge in [-0.2, -0.15) is 11.8 Å². The van der Waals surface area contributed by atoms with Crippen LogP contribution in [0.4, 0.5) is 0 Å². The lowest BCUT2D eigenvalue weighted by Gasteiger charge is -2.19. The minimum absolute atomic E-state index is 0.311. The summed E-state index contributed by atoms with van der Waals surface area (Å²) in [5, 5.41) is 12.2. The van der Waals surface area contributed by atoms with Crippen LogP contribution in [0.1, 0.15) is 33.1 Å². The number of thioether (sulfide) groups is 1. The average Bonchev–Trinajstić information content (AvgIpc) is 2.11. The number of aliphatic hydroxyl groups excluding tert-OH is 1. The molecule has 0 aliphatic rings. The SMILES string of the molecule is CSCCC(C)NC(C)CCCO. The highest BCUT2D eigenvalue weighted by Gasteiger charge is 2.05. The highest BCUT2D eigenvalue weighted by atomic mass is 32.2. The number of hydrogen-bond donors (Lipinski definition) is 2. The number of nitrogens with one attached hydrogen (secondary N) is 1. The van der Waals surface area contributed by atoms with Gasteiger partial charge in [-0.15, -0.1) is 0 Å². The fourth-order valence-electron chi connectivity index (χ4n) is 1.34. The molecule has 0 amide bonds. The fraction of sp³-hybridized carbons (Fsp3) is 1.00. The van der Waals surface area contributed by atoms with Crippen LogP contribution >= 0.6 is 11.8 Å². The van der Waals surface area contributed by atoms with Gasteiger partial charge in [0.05, 0.1) is 0 Å². The first-order valence-corrected chi connectivity index (χ1v) is 6.46. The molecular weight excluding hydrogens is 182 g/mol. The Kier molecular flexibility index (Phi) is 9.03. The van der Waals surface area contributed by atoms with Crippen LogP contribution in [0, 0.1) is 0 Å². The first kappa shape index (κ1) is 13.3. The van der Waals surface area contributed by atoms with Gasteiger partial charge in [-0.3, -0.25) is 0 Å². The van der Waals surface area contributed by atoms with Gasteiger partial charge in [0.1, 0.15) is 0 Å². The van der Waals surface area contributed by atoms with Gasteiger partial charge in [0, 0.05) is 18.7 Å². The molecule has 0 bridgehead atoms. The zero-order valence-electron chi connectivity index (χ0n) is 9.05. The molecule has 2 atom stereocenters. The van der Waals surface area contributed by atoms with E-state index in [4.69, 9.17) is 5.11 Å². The van der Waals surface area contributed by atoms with Gasteiger partial charge in [-0.05, 0) is 45.1 Å². The molecule has 13 heavy (non-hydrogen) atoms. The summed E-state index contributed by atoms with van der Waals surface area (Å²) >= 11 is 1.89. The number of hydrogen-bond acceptors (Lipinski definition) is 3. The highest BCUT2D eigenvalue weighted by Crippen LogP contribution is 2.03. The topological polar surface area (TPSA) is 32.3 Å². The Morgan fingerprint density at radius 1 is 1.23 bits per heavy atom. The molecule has 2 nitrogen and oxygen atoms in total. The molecule has 3 heteroatoms. The summed E-state index contributed by atoms with van der Waals surface area (Å²) in [4.78, 5) is 0. The van der Waals surface area contributed by atoms with Gasteiger partial charge >= 0.3 is 0 Å². The van der Waals surface area contributed by atoms with E-state index in [1.807, 2.05) is 11.8 Å². The second-order valence-electron chi connectivity index (χ2n) is 3.62. The quantitative estimate of drug-likeness (QED) is 0.634. The molecule has 0 radical (unpaired) electrons. The van der Waals surface area contributed by atoms with Crippen molar-refractivity contribution in [3.05, 3.63) is 0 Å². The molecule has 0 saturated carbocycles. The van der Waals surface area contributed by atoms with Crippen LogP contribution < -0.4 is 5.32 Å². The third-order valence-corrected chi connectivity index (χ3v) is 2.76. The van der Waals surface area contributed by atoms with Gasteiger partial charge in [0.2, 0.25) is 0 Å². The van der Waals surface area contributed by atoms with Gasteiger partial charge in [-0.1, -0.05) is 0 Å². The molecule has 0 fully saturated rings. The molecule has 0 aliphatic heterocycles. The number of rotatable bonds is 8. The van der Waals surface area contributed by atoms with Crippen molar-refractivity contribution in [1.29, 1.82) is 0 Å². The molecule has 0 aliphatic carbocycles. The molecule has 0 aromatic carbocycles. The van der Waals surface area contributed by atoms with E-state index in [1.54, 1.807) is 0 Å². The Hall–Kier alpha value is 0.270. The Morgan fingerprint density at radius 2 is 1.85 bits per heavy atom. The van der Waals surface area contributed by atoms with Gasteiger partial charge in [0.15, 0.2) is 0 Å². The van der Waals surface area contributed by atoms with Crippen molar-refractivity contribution in [2.24, 2.45) is 0 Å². The summed E-state index contributed by atoms with van der Waals surface area (Å²) in [5.41, 5.74) is 0. The summed E-state index contributed by atoms with van der Waals surface area (Å²) in [6, 6.07) is 1.13. The maximum Gasteiger partial charge on any atom is 0.0431 e. The predicted octanol–water partition coefficient (Wildman–Crippen LogP) is 1.88. The van der Waals surface area contributed by atoms with E-state index in [0.717, 1.165) is 12.8 Å². The van der Waals surface area contributed by atoms with Gasteiger partial charge in [-0.25, -0.2) is 0 Å². The molecule has 0 saturated heterocycles. The van der Waals surface area contributed by atoms with Crippen molar-refractivity contribution >= 4 is 11.8 Å². The third-order valence-electron chi connectivity index (χ3n) is 2.12. The monoisotopic (exact) mass is 205 g/mol. The normalized spacial score (nSPS) is 15.7. The molecule has 0 heterocycles. The van der Waals surface area contributed by atoms with E-state index in [9.17, 15) is 0 Å². The van der Waals surface area contributed by atoms with Crippen LogP contribution in [0.2, 0.25) is 0 Å². The second-order valence-corrected chi connectivity index (χ2v) is 4.60. The summed E-state index contributed by atoms with van der Waals surface area (Å²) in [6.45, 7) is 4.72. The van der Waals surface area contributed by atoms with Crippen LogP contribution in [-0.4, -0.2) is 35.8 Å². The third kappa shape index (κ3) is 8.60. The Balaban J connectivity index is 3.35. The lowest BCUT2D eigenvalue weighted by molar-refractivity contribution is 0.274. The molecule has 80 valence electrons. The van der Waals surface area contributed by atoms with Crippen LogP contribution in [0.3, 0.4) is 0 Å². The van der Waals surface area contributed by atoms with E-state index in [-0.39, 0.29) is 0 Å². The second kappa shape index (κ2) is 8.85. The Bertz CT molecular complexity index is 99.1. The van der Waals surface area contributed by atoms with E-state index in [1.165, 1.54) is 12.2 Å². The standard InChI is InChI=1S/C10H23NOS/c1-9(5-4-7-12)11-10(2)6-8-13-3/h9-12H,4-8H2,1-3H3. The van der Waals surface area contributed by atoms with E-state index in [0.29, 0.717) is 18.7 Å². The molecule has 2 unspecified atom stereocenters. The average molecular weight is 205 g/mol. The van der Waals surface area contributed by atoms with E-state index in [2.05, 4.69) is 25.4 Å². The molecular formula is C10H23NOS. The summed E-state index contributed by atoms with van der Waals surface area (Å²) in [7, 11) is 0. The van der Waals surface area contributed by atoms with Crippen molar-refractivity contribution in [2.45, 2.75) is 45.2 Å². The fourth-order valence-corrected chi connectivity index (χ4v) is 1.93. The summed E-state index contributed by atoms with van der Waals surface area (Å²) in [5.74, 6) is 1.22. The Labute approximate surface area is 86.5 Å². The van der Waals surface area contributed by atoms with Crippen molar-refractivity contribution in [2.75, 3.05) is 18.6 Å². The summed E-state index contributed by atoms with van der Waals surface area (Å²) in [6.07, 6.45) is 5.34. The highest BCUT2D eigenvalue weighted by molar-refractivity contribution is 7.98. The van der Waals surface area contributed by atoms with Crippen LogP contribution in [0.25, 0.3) is 0 Å². The van der Waals surface area contributed by atoms with Crippen molar-refractivity contribution in [3.63, 3.8) is 0 Å². The maximum atomic E-state index is 8.66. The van der Waals surface area contributed by atoms with Gasteiger partial charge < -0.3 is 10.4 Å². The minimum Gasteiger partial charge on any atom is -0.396 e. The summed E-state index contributed by atoms with van der Waals surface area (Å²) < 4.78 is 0. The number of aliphatic hydroxyl groups is 1. The Morgan fingerprint density at radius 3 is 2.38 bits per heavy atom. The van der Waals surface area contributed by atoms with E-state index < -0.39 is 0 Å². The minimum atomic E-state index is 0.311. The van der Waals surface area contributed by atoms with E-state index >= 15 is 0 Å². The van der Waals surface area contributed by atoms with Crippen molar-refractivity contribution < 1.29 is 5.11 Å².